The van der Waals surface area contributed by atoms with Gasteiger partial charge < -0.3 is 25.8 Å². The third kappa shape index (κ3) is 4.65. The van der Waals surface area contributed by atoms with E-state index in [1.165, 1.54) is 6.33 Å². The molecule has 2 aromatic carbocycles. The number of benzene rings is 2. The molecule has 0 radical (unpaired) electrons. The smallest absolute Gasteiger partial charge is 0.159 e. The second-order valence-corrected chi connectivity index (χ2v) is 5.83. The van der Waals surface area contributed by atoms with Crippen molar-refractivity contribution in [1.29, 1.82) is 0 Å². The molecule has 4 N–H and O–H groups in total. The number of nitrogens with one attached hydrogen (secondary N) is 1. The fraction of sp³-hybridized carbons (Fsp3) is 0.200. The van der Waals surface area contributed by atoms with Crippen molar-refractivity contribution in [3.63, 3.8) is 0 Å². The molecule has 1 heterocycles. The van der Waals surface area contributed by atoms with Gasteiger partial charge in [0.15, 0.2) is 11.6 Å². The number of hydrogen-bond acceptors (Lipinski definition) is 7. The monoisotopic (exact) mass is 365 g/mol. The molecule has 0 aliphatic heterocycles. The molecular weight excluding hydrogens is 342 g/mol. The van der Waals surface area contributed by atoms with Gasteiger partial charge in [-0.25, -0.2) is 9.97 Å². The zero-order chi connectivity index (χ0) is 19.1. The van der Waals surface area contributed by atoms with E-state index in [1.54, 1.807) is 0 Å². The highest BCUT2D eigenvalue weighted by molar-refractivity contribution is 5.78. The summed E-state index contributed by atoms with van der Waals surface area (Å²) in [4.78, 5) is 10.4. The summed E-state index contributed by atoms with van der Waals surface area (Å²) in [5.74, 6) is 2.65. The van der Waals surface area contributed by atoms with Crippen molar-refractivity contribution in [1.82, 2.24) is 9.97 Å². The lowest BCUT2D eigenvalue weighted by molar-refractivity contribution is 0.302. The first kappa shape index (κ1) is 18.5. The van der Waals surface area contributed by atoms with Crippen molar-refractivity contribution in [2.45, 2.75) is 6.92 Å². The minimum absolute atomic E-state index is 0.0307. The predicted molar refractivity (Wildman–Crippen MR) is 108 cm³/mol. The van der Waals surface area contributed by atoms with Crippen molar-refractivity contribution < 1.29 is 9.84 Å². The first-order chi connectivity index (χ1) is 13.2. The molecule has 0 saturated carbocycles. The van der Waals surface area contributed by atoms with E-state index in [2.05, 4.69) is 15.3 Å². The van der Waals surface area contributed by atoms with E-state index < -0.39 is 0 Å². The first-order valence-corrected chi connectivity index (χ1v) is 8.77. The van der Waals surface area contributed by atoms with Crippen molar-refractivity contribution in [3.05, 3.63) is 60.9 Å². The highest BCUT2D eigenvalue weighted by atomic mass is 16.5. The van der Waals surface area contributed by atoms with Crippen molar-refractivity contribution >= 4 is 23.0 Å². The SMILES string of the molecule is CCN(CCO)c1ncnc(Nc2ccc(Oc3ccccc3)cc2)c1N. The van der Waals surface area contributed by atoms with Crippen LogP contribution < -0.4 is 20.7 Å². The third-order valence-electron chi connectivity index (χ3n) is 4.01. The molecule has 0 spiro atoms. The summed E-state index contributed by atoms with van der Waals surface area (Å²) in [6.07, 6.45) is 1.46. The van der Waals surface area contributed by atoms with Crippen molar-refractivity contribution in [2.75, 3.05) is 35.6 Å². The van der Waals surface area contributed by atoms with Crippen LogP contribution in [0.4, 0.5) is 23.0 Å². The zero-order valence-electron chi connectivity index (χ0n) is 15.2. The lowest BCUT2D eigenvalue weighted by Crippen LogP contribution is -2.28. The van der Waals surface area contributed by atoms with E-state index in [0.717, 1.165) is 17.2 Å². The summed E-state index contributed by atoms with van der Waals surface area (Å²) in [5, 5.41) is 12.4. The van der Waals surface area contributed by atoms with Gasteiger partial charge in [0.05, 0.1) is 6.61 Å². The molecule has 7 nitrogen and oxygen atoms in total. The van der Waals surface area contributed by atoms with Crippen molar-refractivity contribution in [2.24, 2.45) is 0 Å². The van der Waals surface area contributed by atoms with Crippen LogP contribution in [-0.2, 0) is 0 Å². The predicted octanol–water partition coefficient (Wildman–Crippen LogP) is 3.41. The average molecular weight is 365 g/mol. The molecular formula is C20H23N5O2. The molecule has 140 valence electrons. The fourth-order valence-corrected chi connectivity index (χ4v) is 2.64. The number of anilines is 4. The van der Waals surface area contributed by atoms with E-state index in [-0.39, 0.29) is 6.61 Å². The molecule has 0 bridgehead atoms. The van der Waals surface area contributed by atoms with Crippen LogP contribution in [0.1, 0.15) is 6.92 Å². The third-order valence-corrected chi connectivity index (χ3v) is 4.01. The van der Waals surface area contributed by atoms with Gasteiger partial charge in [-0.1, -0.05) is 18.2 Å². The molecule has 0 unspecified atom stereocenters. The van der Waals surface area contributed by atoms with E-state index in [4.69, 9.17) is 10.5 Å². The minimum Gasteiger partial charge on any atom is -0.457 e. The molecule has 3 rings (SSSR count). The van der Waals surface area contributed by atoms with Gasteiger partial charge in [0, 0.05) is 18.8 Å². The normalized spacial score (nSPS) is 10.4. The molecule has 0 saturated heterocycles. The van der Waals surface area contributed by atoms with Crippen LogP contribution in [0.25, 0.3) is 0 Å². The van der Waals surface area contributed by atoms with Gasteiger partial charge in [-0.2, -0.15) is 0 Å². The molecule has 0 atom stereocenters. The fourth-order valence-electron chi connectivity index (χ4n) is 2.64. The molecule has 7 heteroatoms. The Morgan fingerprint density at radius 2 is 1.74 bits per heavy atom. The van der Waals surface area contributed by atoms with E-state index in [9.17, 15) is 5.11 Å². The number of aromatic nitrogens is 2. The van der Waals surface area contributed by atoms with Gasteiger partial charge in [0.25, 0.3) is 0 Å². The quantitative estimate of drug-likeness (QED) is 0.563. The Kier molecular flexibility index (Phi) is 6.06. The number of ether oxygens (including phenoxy) is 1. The number of nitrogens with two attached hydrogens (primary N) is 1. The van der Waals surface area contributed by atoms with Gasteiger partial charge in [-0.05, 0) is 43.3 Å². The summed E-state index contributed by atoms with van der Waals surface area (Å²) >= 11 is 0. The Balaban J connectivity index is 1.73. The van der Waals surface area contributed by atoms with Crippen LogP contribution in [0.5, 0.6) is 11.5 Å². The van der Waals surface area contributed by atoms with Crippen molar-refractivity contribution in [3.8, 4) is 11.5 Å². The summed E-state index contributed by atoms with van der Waals surface area (Å²) < 4.78 is 5.79. The lowest BCUT2D eigenvalue weighted by Gasteiger charge is -2.23. The van der Waals surface area contributed by atoms with E-state index in [0.29, 0.717) is 30.4 Å². The van der Waals surface area contributed by atoms with Gasteiger partial charge in [-0.15, -0.1) is 0 Å². The average Bonchev–Trinajstić information content (AvgIpc) is 2.70. The summed E-state index contributed by atoms with van der Waals surface area (Å²) in [6, 6.07) is 17.1. The van der Waals surface area contributed by atoms with Crippen LogP contribution in [0.3, 0.4) is 0 Å². The van der Waals surface area contributed by atoms with Gasteiger partial charge in [0.2, 0.25) is 0 Å². The maximum Gasteiger partial charge on any atom is 0.159 e. The molecule has 0 fully saturated rings. The van der Waals surface area contributed by atoms with Crippen LogP contribution in [-0.4, -0.2) is 34.8 Å². The largest absolute Gasteiger partial charge is 0.457 e. The second-order valence-electron chi connectivity index (χ2n) is 5.83. The Hall–Kier alpha value is -3.32. The molecule has 1 aromatic heterocycles. The highest BCUT2D eigenvalue weighted by Crippen LogP contribution is 2.29. The molecule has 0 aliphatic rings. The standard InChI is InChI=1S/C20H23N5O2/c1-2-25(12-13-26)20-18(21)19(22-14-23-20)24-15-8-10-17(11-9-15)27-16-6-4-3-5-7-16/h3-11,14,26H,2,12-13,21H2,1H3,(H,22,23,24). The summed E-state index contributed by atoms with van der Waals surface area (Å²) in [5.41, 5.74) is 7.51. The molecule has 0 amide bonds. The molecule has 27 heavy (non-hydrogen) atoms. The van der Waals surface area contributed by atoms with Crippen LogP contribution in [0.2, 0.25) is 0 Å². The zero-order valence-corrected chi connectivity index (χ0v) is 15.2. The number of aliphatic hydroxyl groups excluding tert-OH is 1. The number of likely N-dealkylation sites (N-methyl/N-ethyl adjacent to an activating group) is 1. The van der Waals surface area contributed by atoms with E-state index >= 15 is 0 Å². The summed E-state index contributed by atoms with van der Waals surface area (Å²) in [7, 11) is 0. The Morgan fingerprint density at radius 1 is 1.04 bits per heavy atom. The van der Waals surface area contributed by atoms with Gasteiger partial charge in [-0.3, -0.25) is 0 Å². The molecule has 0 aliphatic carbocycles. The molecule has 3 aromatic rings. The number of para-hydroxylation sites is 1. The maximum atomic E-state index is 9.20. The Morgan fingerprint density at radius 3 is 2.41 bits per heavy atom. The number of nitrogens with zero attached hydrogens (tertiary/aromatic N) is 3. The van der Waals surface area contributed by atoms with Crippen LogP contribution in [0.15, 0.2) is 60.9 Å². The second kappa shape index (κ2) is 8.86. The number of hydrogen-bond donors (Lipinski definition) is 3. The van der Waals surface area contributed by atoms with Crippen LogP contribution in [0, 0.1) is 0 Å². The van der Waals surface area contributed by atoms with Gasteiger partial charge >= 0.3 is 0 Å². The van der Waals surface area contributed by atoms with Crippen LogP contribution >= 0.6 is 0 Å². The number of nitrogen functional groups attached to an aromatic ring is 1. The highest BCUT2D eigenvalue weighted by Gasteiger charge is 2.13. The first-order valence-electron chi connectivity index (χ1n) is 8.77. The Labute approximate surface area is 158 Å². The lowest BCUT2D eigenvalue weighted by atomic mass is 10.3. The van der Waals surface area contributed by atoms with Gasteiger partial charge in [0.1, 0.15) is 23.5 Å². The topological polar surface area (TPSA) is 96.5 Å². The minimum atomic E-state index is 0.0307. The number of rotatable bonds is 8. The Bertz CT molecular complexity index is 856. The summed E-state index contributed by atoms with van der Waals surface area (Å²) in [6.45, 7) is 3.16. The number of aliphatic hydroxyl groups is 1. The van der Waals surface area contributed by atoms with E-state index in [1.807, 2.05) is 66.4 Å². The maximum absolute atomic E-state index is 9.20.